The summed E-state index contributed by atoms with van der Waals surface area (Å²) in [5.74, 6) is -0.0495. The normalized spacial score (nSPS) is 35.9. The van der Waals surface area contributed by atoms with Crippen molar-refractivity contribution in [1.29, 1.82) is 0 Å². The van der Waals surface area contributed by atoms with Gasteiger partial charge in [0.2, 0.25) is 0 Å². The third-order valence-corrected chi connectivity index (χ3v) is 8.85. The van der Waals surface area contributed by atoms with E-state index in [9.17, 15) is 53.7 Å². The van der Waals surface area contributed by atoms with Gasteiger partial charge in [0.05, 0.1) is 26.1 Å². The van der Waals surface area contributed by atoms with Crippen LogP contribution in [0.5, 0.6) is 0 Å². The molecule has 5 rings (SSSR count). The van der Waals surface area contributed by atoms with E-state index in [1.54, 1.807) is 0 Å². The second kappa shape index (κ2) is 14.7. The van der Waals surface area contributed by atoms with Crippen LogP contribution in [0, 0.1) is 0 Å². The lowest BCUT2D eigenvalue weighted by molar-refractivity contribution is -0.265. The molecule has 0 spiro atoms. The van der Waals surface area contributed by atoms with Crippen molar-refractivity contribution in [2.24, 2.45) is 0 Å². The number of nitrogens with two attached hydrogens (primary N) is 1. The maximum Gasteiger partial charge on any atom is 0.469 e. The molecule has 0 bridgehead atoms. The van der Waals surface area contributed by atoms with Gasteiger partial charge in [-0.25, -0.2) is 28.6 Å². The Morgan fingerprint density at radius 1 is 0.673 bits per heavy atom. The van der Waals surface area contributed by atoms with Crippen molar-refractivity contribution in [3.63, 3.8) is 0 Å². The fourth-order valence-corrected chi connectivity index (χ4v) is 6.19. The Hall–Kier alpha value is -1.68. The number of nitrogen functional groups attached to an aromatic ring is 1. The summed E-state index contributed by atoms with van der Waals surface area (Å²) in [5.41, 5.74) is 5.99. The standard InChI is InChI=1S/C20H32N5O21P3/c21-16-9-17(23-4-22-16)25(5-24-9)18-14(11(27)7(42-18)2-40-48(33,34)35)45-20-15(12(28)8(44-20)3-41-49(36,37)38)46-19-13(29)10(26)6(43-19)1-39-47(30,31)32/h4-8,10-15,18-20,26-29H,1-3H2,(H2,21,22,23)(H2,30,31,32)(H2,33,34,35)(H2,36,37,38)/t6-,7-,8-,10-,11-,12-,13-,14-,15-,18-,19+,20+/m1/s1. The summed E-state index contributed by atoms with van der Waals surface area (Å²) in [6.07, 6.45) is -18.5. The molecule has 0 aliphatic carbocycles. The van der Waals surface area contributed by atoms with Crippen molar-refractivity contribution >= 4 is 40.4 Å². The van der Waals surface area contributed by atoms with Gasteiger partial charge in [0, 0.05) is 0 Å². The zero-order valence-corrected chi connectivity index (χ0v) is 27.1. The Labute approximate surface area is 272 Å². The first-order valence-corrected chi connectivity index (χ1v) is 18.3. The van der Waals surface area contributed by atoms with E-state index in [1.165, 1.54) is 4.57 Å². The molecule has 12 N–H and O–H groups in total. The number of aliphatic hydroxyl groups excluding tert-OH is 4. The minimum absolute atomic E-state index is 0.0444. The first-order chi connectivity index (χ1) is 22.7. The third-order valence-electron chi connectivity index (χ3n) is 7.39. The van der Waals surface area contributed by atoms with E-state index in [-0.39, 0.29) is 17.0 Å². The van der Waals surface area contributed by atoms with E-state index in [0.717, 1.165) is 12.7 Å². The molecule has 3 aliphatic rings. The molecule has 29 heteroatoms. The number of imidazole rings is 1. The van der Waals surface area contributed by atoms with Crippen LogP contribution in [0.15, 0.2) is 12.7 Å². The minimum Gasteiger partial charge on any atom is -0.387 e. The maximum atomic E-state index is 11.4. The zero-order chi connectivity index (χ0) is 36.1. The number of aliphatic hydroxyl groups is 4. The number of phosphoric acid groups is 3. The van der Waals surface area contributed by atoms with Crippen molar-refractivity contribution in [2.75, 3.05) is 25.6 Å². The minimum atomic E-state index is -5.12. The fourth-order valence-electron chi connectivity index (χ4n) is 5.16. The Balaban J connectivity index is 1.43. The summed E-state index contributed by atoms with van der Waals surface area (Å²) in [6.45, 7) is -2.76. The molecule has 0 aromatic carbocycles. The molecule has 49 heavy (non-hydrogen) atoms. The van der Waals surface area contributed by atoms with Gasteiger partial charge in [-0.1, -0.05) is 0 Å². The molecule has 2 aromatic heterocycles. The highest BCUT2D eigenvalue weighted by Gasteiger charge is 2.55. The maximum absolute atomic E-state index is 11.4. The molecule has 0 radical (unpaired) electrons. The van der Waals surface area contributed by atoms with Crippen LogP contribution < -0.4 is 5.73 Å². The number of ether oxygens (including phenoxy) is 5. The molecule has 12 atom stereocenters. The Bertz CT molecular complexity index is 1600. The smallest absolute Gasteiger partial charge is 0.387 e. The molecular weight excluding hydrogens is 739 g/mol. The van der Waals surface area contributed by atoms with Gasteiger partial charge in [-0.3, -0.25) is 18.1 Å². The van der Waals surface area contributed by atoms with Crippen molar-refractivity contribution in [3.8, 4) is 0 Å². The highest BCUT2D eigenvalue weighted by molar-refractivity contribution is 7.46. The van der Waals surface area contributed by atoms with Crippen LogP contribution in [0.2, 0.25) is 0 Å². The summed E-state index contributed by atoms with van der Waals surface area (Å²) in [6, 6.07) is 0. The van der Waals surface area contributed by atoms with E-state index >= 15 is 0 Å². The van der Waals surface area contributed by atoms with E-state index in [4.69, 9.17) is 39.2 Å². The second-order valence-corrected chi connectivity index (χ2v) is 14.5. The number of hydrogen-bond donors (Lipinski definition) is 11. The average molecular weight is 771 g/mol. The topological polar surface area (TPSA) is 397 Å². The highest BCUT2D eigenvalue weighted by atomic mass is 31.2. The van der Waals surface area contributed by atoms with Gasteiger partial charge in [0.25, 0.3) is 0 Å². The SMILES string of the molecule is Nc1ncnc2c1ncn2[C@@H]1O[C@H](COP(=O)(O)O)[C@@H](O)[C@H]1O[C@@H]1O[C@H](COP(=O)(O)O)[C@@H](O)[C@H]1O[C@@H]1O[C@H](COP(=O)(O)O)[C@@H](O)[C@H]1O. The van der Waals surface area contributed by atoms with Gasteiger partial charge in [0.1, 0.15) is 66.8 Å². The number of rotatable bonds is 14. The Morgan fingerprint density at radius 3 is 1.73 bits per heavy atom. The molecule has 3 aliphatic heterocycles. The zero-order valence-electron chi connectivity index (χ0n) is 24.4. The predicted octanol–water partition coefficient (Wildman–Crippen LogP) is -4.70. The molecule has 278 valence electrons. The van der Waals surface area contributed by atoms with Gasteiger partial charge in [0.15, 0.2) is 30.3 Å². The molecule has 0 saturated carbocycles. The van der Waals surface area contributed by atoms with Crippen molar-refractivity contribution < 1.29 is 101 Å². The van der Waals surface area contributed by atoms with Crippen molar-refractivity contribution in [2.45, 2.75) is 73.7 Å². The number of nitrogens with zero attached hydrogens (tertiary/aromatic N) is 4. The molecule has 5 heterocycles. The first kappa shape index (κ1) is 38.5. The molecule has 0 amide bonds. The lowest BCUT2D eigenvalue weighted by atomic mass is 10.1. The largest absolute Gasteiger partial charge is 0.469 e. The average Bonchev–Trinajstić information content (AvgIpc) is 3.71. The molecular formula is C20H32N5O21P3. The van der Waals surface area contributed by atoms with Gasteiger partial charge in [-0.15, -0.1) is 0 Å². The number of anilines is 1. The summed E-state index contributed by atoms with van der Waals surface area (Å²) in [5, 5.41) is 43.1. The van der Waals surface area contributed by atoms with Crippen molar-refractivity contribution in [3.05, 3.63) is 12.7 Å². The highest BCUT2D eigenvalue weighted by Crippen LogP contribution is 2.43. The van der Waals surface area contributed by atoms with Gasteiger partial charge < -0.3 is 79.2 Å². The van der Waals surface area contributed by atoms with Crippen LogP contribution in [-0.4, -0.2) is 157 Å². The summed E-state index contributed by atoms with van der Waals surface area (Å²) >= 11 is 0. The molecule has 0 unspecified atom stereocenters. The number of fused-ring (bicyclic) bond motifs is 1. The Morgan fingerprint density at radius 2 is 1.16 bits per heavy atom. The molecule has 2 aromatic rings. The van der Waals surface area contributed by atoms with Gasteiger partial charge in [-0.05, 0) is 0 Å². The Kier molecular flexibility index (Phi) is 11.6. The van der Waals surface area contributed by atoms with Crippen LogP contribution >= 0.6 is 23.5 Å². The first-order valence-electron chi connectivity index (χ1n) is 13.8. The van der Waals surface area contributed by atoms with Gasteiger partial charge >= 0.3 is 23.5 Å². The van der Waals surface area contributed by atoms with Crippen molar-refractivity contribution in [1.82, 2.24) is 19.5 Å². The van der Waals surface area contributed by atoms with E-state index in [1.807, 2.05) is 0 Å². The summed E-state index contributed by atoms with van der Waals surface area (Å²) in [4.78, 5) is 66.7. The monoisotopic (exact) mass is 771 g/mol. The lowest BCUT2D eigenvalue weighted by Crippen LogP contribution is -2.46. The predicted molar refractivity (Wildman–Crippen MR) is 149 cm³/mol. The molecule has 3 saturated heterocycles. The number of phosphoric ester groups is 3. The van der Waals surface area contributed by atoms with Crippen LogP contribution in [0.3, 0.4) is 0 Å². The third kappa shape index (κ3) is 9.22. The molecule has 3 fully saturated rings. The lowest BCUT2D eigenvalue weighted by Gasteiger charge is -2.29. The van der Waals surface area contributed by atoms with E-state index < -0.39 is 117 Å². The van der Waals surface area contributed by atoms with Crippen LogP contribution in [-0.2, 0) is 51.0 Å². The molecule has 26 nitrogen and oxygen atoms in total. The van der Waals surface area contributed by atoms with Crippen LogP contribution in [0.25, 0.3) is 11.2 Å². The van der Waals surface area contributed by atoms with Crippen LogP contribution in [0.4, 0.5) is 5.82 Å². The summed E-state index contributed by atoms with van der Waals surface area (Å²) in [7, 11) is -15.2. The van der Waals surface area contributed by atoms with E-state index in [2.05, 4.69) is 28.5 Å². The second-order valence-electron chi connectivity index (χ2n) is 10.8. The number of hydrogen-bond acceptors (Lipinski definition) is 19. The fraction of sp³-hybridized carbons (Fsp3) is 0.750. The van der Waals surface area contributed by atoms with Gasteiger partial charge in [-0.2, -0.15) is 0 Å². The van der Waals surface area contributed by atoms with Crippen LogP contribution in [0.1, 0.15) is 6.23 Å². The number of aromatic nitrogens is 4. The van der Waals surface area contributed by atoms with E-state index in [0.29, 0.717) is 0 Å². The summed E-state index contributed by atoms with van der Waals surface area (Å²) < 4.78 is 76.7. The quantitative estimate of drug-likeness (QED) is 0.0804.